The molecule has 1 saturated heterocycles. The fraction of sp³-hybridized carbons (Fsp3) is 0.458. The van der Waals surface area contributed by atoms with E-state index in [9.17, 15) is 0 Å². The van der Waals surface area contributed by atoms with Crippen molar-refractivity contribution in [1.29, 1.82) is 0 Å². The lowest BCUT2D eigenvalue weighted by Crippen LogP contribution is -2.34. The zero-order chi connectivity index (χ0) is 21.1. The molecule has 158 valence electrons. The van der Waals surface area contributed by atoms with Crippen LogP contribution in [0.25, 0.3) is 0 Å². The molecular formula is C24H32N6. The van der Waals surface area contributed by atoms with Gasteiger partial charge in [-0.05, 0) is 70.8 Å². The molecule has 0 aromatic carbocycles. The number of anilines is 2. The van der Waals surface area contributed by atoms with Crippen molar-refractivity contribution in [1.82, 2.24) is 24.6 Å². The van der Waals surface area contributed by atoms with Gasteiger partial charge in [0.1, 0.15) is 5.82 Å². The number of piperidine rings is 1. The summed E-state index contributed by atoms with van der Waals surface area (Å²) in [4.78, 5) is 11.9. The number of likely N-dealkylation sites (tertiary alicyclic amines) is 1. The van der Waals surface area contributed by atoms with E-state index in [0.717, 1.165) is 48.9 Å². The molecule has 0 amide bonds. The van der Waals surface area contributed by atoms with Gasteiger partial charge in [0.05, 0.1) is 6.20 Å². The molecule has 0 radical (unpaired) electrons. The SMILES string of the molecule is CCn1ncc(CN2CCCC(c3cc(Nc4ncccc4C)cc(C)n3)C2)c1C. The molecule has 4 heterocycles. The van der Waals surface area contributed by atoms with Crippen molar-refractivity contribution in [2.45, 2.75) is 59.5 Å². The number of hydrogen-bond acceptors (Lipinski definition) is 5. The Morgan fingerprint density at radius 2 is 2.07 bits per heavy atom. The molecule has 1 aliphatic rings. The summed E-state index contributed by atoms with van der Waals surface area (Å²) in [5.41, 5.74) is 7.04. The van der Waals surface area contributed by atoms with Crippen molar-refractivity contribution in [2.75, 3.05) is 18.4 Å². The average Bonchev–Trinajstić information content (AvgIpc) is 3.09. The highest BCUT2D eigenvalue weighted by Crippen LogP contribution is 2.30. The zero-order valence-corrected chi connectivity index (χ0v) is 18.5. The number of aryl methyl sites for hydroxylation is 3. The Morgan fingerprint density at radius 3 is 2.83 bits per heavy atom. The summed E-state index contributed by atoms with van der Waals surface area (Å²) in [6, 6.07) is 8.34. The third-order valence-corrected chi connectivity index (χ3v) is 6.07. The summed E-state index contributed by atoms with van der Waals surface area (Å²) < 4.78 is 2.08. The Kier molecular flexibility index (Phi) is 6.13. The van der Waals surface area contributed by atoms with Gasteiger partial charge in [-0.1, -0.05) is 6.07 Å². The summed E-state index contributed by atoms with van der Waals surface area (Å²) in [5.74, 6) is 1.35. The van der Waals surface area contributed by atoms with Crippen LogP contribution in [0.4, 0.5) is 11.5 Å². The Hall–Kier alpha value is -2.73. The van der Waals surface area contributed by atoms with E-state index in [1.54, 1.807) is 0 Å². The van der Waals surface area contributed by atoms with Gasteiger partial charge in [-0.25, -0.2) is 4.98 Å². The van der Waals surface area contributed by atoms with Crippen molar-refractivity contribution in [3.05, 3.63) is 64.9 Å². The molecule has 4 rings (SSSR count). The van der Waals surface area contributed by atoms with Crippen LogP contribution in [0.5, 0.6) is 0 Å². The molecule has 6 nitrogen and oxygen atoms in total. The quantitative estimate of drug-likeness (QED) is 0.643. The van der Waals surface area contributed by atoms with Gasteiger partial charge in [0.25, 0.3) is 0 Å². The maximum absolute atomic E-state index is 4.89. The van der Waals surface area contributed by atoms with Crippen molar-refractivity contribution in [2.24, 2.45) is 0 Å². The second-order valence-corrected chi connectivity index (χ2v) is 8.36. The van der Waals surface area contributed by atoms with Crippen LogP contribution in [-0.2, 0) is 13.1 Å². The van der Waals surface area contributed by atoms with E-state index in [1.165, 1.54) is 29.8 Å². The fourth-order valence-electron chi connectivity index (χ4n) is 4.37. The normalized spacial score (nSPS) is 17.3. The van der Waals surface area contributed by atoms with E-state index in [4.69, 9.17) is 4.98 Å². The molecule has 30 heavy (non-hydrogen) atoms. The molecule has 3 aromatic heterocycles. The molecule has 0 spiro atoms. The highest BCUT2D eigenvalue weighted by molar-refractivity contribution is 5.59. The Bertz CT molecular complexity index is 1010. The number of nitrogens with one attached hydrogen (secondary N) is 1. The smallest absolute Gasteiger partial charge is 0.133 e. The van der Waals surface area contributed by atoms with Crippen LogP contribution in [-0.4, -0.2) is 37.7 Å². The molecule has 0 bridgehead atoms. The maximum atomic E-state index is 4.89. The monoisotopic (exact) mass is 404 g/mol. The van der Waals surface area contributed by atoms with Crippen LogP contribution < -0.4 is 5.32 Å². The van der Waals surface area contributed by atoms with E-state index in [0.29, 0.717) is 5.92 Å². The first-order valence-corrected chi connectivity index (χ1v) is 10.9. The number of nitrogens with zero attached hydrogens (tertiary/aromatic N) is 5. The number of aromatic nitrogens is 4. The summed E-state index contributed by atoms with van der Waals surface area (Å²) in [7, 11) is 0. The second kappa shape index (κ2) is 8.96. The minimum Gasteiger partial charge on any atom is -0.340 e. The molecule has 0 saturated carbocycles. The molecule has 1 unspecified atom stereocenters. The third-order valence-electron chi connectivity index (χ3n) is 6.07. The topological polar surface area (TPSA) is 58.9 Å². The number of hydrogen-bond donors (Lipinski definition) is 1. The Morgan fingerprint density at radius 1 is 1.20 bits per heavy atom. The number of rotatable bonds is 6. The molecular weight excluding hydrogens is 372 g/mol. The van der Waals surface area contributed by atoms with Crippen molar-refractivity contribution in [3.63, 3.8) is 0 Å². The molecule has 1 fully saturated rings. The van der Waals surface area contributed by atoms with E-state index in [-0.39, 0.29) is 0 Å². The summed E-state index contributed by atoms with van der Waals surface area (Å²) in [6.45, 7) is 12.5. The van der Waals surface area contributed by atoms with Gasteiger partial charge in [-0.15, -0.1) is 0 Å². The minimum absolute atomic E-state index is 0.450. The van der Waals surface area contributed by atoms with Crippen LogP contribution in [0.3, 0.4) is 0 Å². The van der Waals surface area contributed by atoms with Gasteiger partial charge in [0.15, 0.2) is 0 Å². The lowest BCUT2D eigenvalue weighted by atomic mass is 9.93. The molecule has 1 atom stereocenters. The lowest BCUT2D eigenvalue weighted by molar-refractivity contribution is 0.198. The lowest BCUT2D eigenvalue weighted by Gasteiger charge is -2.32. The fourth-order valence-corrected chi connectivity index (χ4v) is 4.37. The average molecular weight is 405 g/mol. The van der Waals surface area contributed by atoms with Crippen LogP contribution in [0, 0.1) is 20.8 Å². The standard InChI is InChI=1S/C24H32N6/c1-5-30-19(4)21(14-26-30)16-29-11-7-9-20(15-29)23-13-22(12-18(3)27-23)28-24-17(2)8-6-10-25-24/h6,8,10,12-14,20H,5,7,9,11,15-16H2,1-4H3,(H,25,27,28). The zero-order valence-electron chi connectivity index (χ0n) is 18.5. The first kappa shape index (κ1) is 20.5. The van der Waals surface area contributed by atoms with Crippen molar-refractivity contribution >= 4 is 11.5 Å². The van der Waals surface area contributed by atoms with Gasteiger partial charge >= 0.3 is 0 Å². The molecule has 0 aliphatic carbocycles. The largest absolute Gasteiger partial charge is 0.340 e. The minimum atomic E-state index is 0.450. The van der Waals surface area contributed by atoms with Crippen molar-refractivity contribution in [3.8, 4) is 0 Å². The van der Waals surface area contributed by atoms with E-state index < -0.39 is 0 Å². The summed E-state index contributed by atoms with van der Waals surface area (Å²) in [5, 5.41) is 7.99. The highest BCUT2D eigenvalue weighted by Gasteiger charge is 2.24. The first-order chi connectivity index (χ1) is 14.5. The van der Waals surface area contributed by atoms with E-state index in [1.807, 2.05) is 18.5 Å². The maximum Gasteiger partial charge on any atom is 0.133 e. The Labute approximate surface area is 179 Å². The predicted octanol–water partition coefficient (Wildman–Crippen LogP) is 4.74. The predicted molar refractivity (Wildman–Crippen MR) is 121 cm³/mol. The molecule has 1 aliphatic heterocycles. The van der Waals surface area contributed by atoms with Crippen LogP contribution in [0.15, 0.2) is 36.7 Å². The second-order valence-electron chi connectivity index (χ2n) is 8.36. The highest BCUT2D eigenvalue weighted by atomic mass is 15.3. The molecule has 3 aromatic rings. The van der Waals surface area contributed by atoms with Crippen LogP contribution >= 0.6 is 0 Å². The molecule has 1 N–H and O–H groups in total. The first-order valence-electron chi connectivity index (χ1n) is 10.9. The van der Waals surface area contributed by atoms with E-state index in [2.05, 4.69) is 70.9 Å². The van der Waals surface area contributed by atoms with Gasteiger partial charge < -0.3 is 5.32 Å². The number of pyridine rings is 2. The van der Waals surface area contributed by atoms with Gasteiger partial charge in [-0.3, -0.25) is 14.6 Å². The van der Waals surface area contributed by atoms with Crippen molar-refractivity contribution < 1.29 is 0 Å². The van der Waals surface area contributed by atoms with Gasteiger partial charge in [-0.2, -0.15) is 5.10 Å². The summed E-state index contributed by atoms with van der Waals surface area (Å²) in [6.07, 6.45) is 6.24. The molecule has 6 heteroatoms. The van der Waals surface area contributed by atoms with Crippen LogP contribution in [0.2, 0.25) is 0 Å². The van der Waals surface area contributed by atoms with Gasteiger partial charge in [0, 0.05) is 60.1 Å². The van der Waals surface area contributed by atoms with Gasteiger partial charge in [0.2, 0.25) is 0 Å². The van der Waals surface area contributed by atoms with Crippen LogP contribution in [0.1, 0.15) is 53.9 Å². The Balaban J connectivity index is 1.49. The summed E-state index contributed by atoms with van der Waals surface area (Å²) >= 11 is 0. The van der Waals surface area contributed by atoms with E-state index >= 15 is 0 Å². The third kappa shape index (κ3) is 4.54.